The van der Waals surface area contributed by atoms with Crippen LogP contribution >= 0.6 is 0 Å². The number of likely N-dealkylation sites (N-methyl/N-ethyl adjacent to an activating group) is 1. The van der Waals surface area contributed by atoms with Gasteiger partial charge in [-0.25, -0.2) is 19.9 Å². The van der Waals surface area contributed by atoms with E-state index >= 15 is 0 Å². The molecule has 2 aliphatic heterocycles. The summed E-state index contributed by atoms with van der Waals surface area (Å²) in [4.78, 5) is 21.5. The molecule has 0 aliphatic carbocycles. The first-order valence-electron chi connectivity index (χ1n) is 8.44. The monoisotopic (exact) mass is 342 g/mol. The number of aromatic nitrogens is 4. The maximum atomic E-state index is 6.25. The average Bonchev–Trinajstić information content (AvgIpc) is 3.29. The van der Waals surface area contributed by atoms with Crippen LogP contribution in [-0.4, -0.2) is 65.4 Å². The summed E-state index contributed by atoms with van der Waals surface area (Å²) in [5.41, 5.74) is -0.133. The molecular formula is C17H22N6O2. The van der Waals surface area contributed by atoms with E-state index in [1.165, 1.54) is 6.33 Å². The molecule has 0 N–H and O–H groups in total. The topological polar surface area (TPSA) is 76.5 Å². The van der Waals surface area contributed by atoms with Gasteiger partial charge in [-0.3, -0.25) is 0 Å². The normalized spacial score (nSPS) is 25.5. The molecule has 2 atom stereocenters. The van der Waals surface area contributed by atoms with Crippen molar-refractivity contribution in [2.45, 2.75) is 24.5 Å². The molecule has 4 heterocycles. The van der Waals surface area contributed by atoms with E-state index in [2.05, 4.69) is 29.7 Å². The zero-order chi connectivity index (χ0) is 17.3. The van der Waals surface area contributed by atoms with Gasteiger partial charge >= 0.3 is 0 Å². The van der Waals surface area contributed by atoms with Crippen LogP contribution in [0.25, 0.3) is 0 Å². The Balaban J connectivity index is 1.44. The van der Waals surface area contributed by atoms with E-state index in [4.69, 9.17) is 9.47 Å². The van der Waals surface area contributed by atoms with Crippen molar-refractivity contribution in [2.24, 2.45) is 0 Å². The molecule has 1 spiro atoms. The van der Waals surface area contributed by atoms with Crippen molar-refractivity contribution in [2.75, 3.05) is 43.7 Å². The van der Waals surface area contributed by atoms with Crippen molar-refractivity contribution in [3.8, 4) is 5.88 Å². The molecule has 8 nitrogen and oxygen atoms in total. The summed E-state index contributed by atoms with van der Waals surface area (Å²) < 4.78 is 11.5. The maximum absolute atomic E-state index is 6.25. The SMILES string of the molecule is COc1cc(N2CC[C@@]3(C[C@@H](N(C)c4ncccn4)CO3)C2)ncn1. The molecule has 2 saturated heterocycles. The fourth-order valence-electron chi connectivity index (χ4n) is 3.64. The van der Waals surface area contributed by atoms with Crippen LogP contribution in [0.5, 0.6) is 5.88 Å². The van der Waals surface area contributed by atoms with Gasteiger partial charge < -0.3 is 19.3 Å². The third-order valence-corrected chi connectivity index (χ3v) is 5.08. The molecule has 0 saturated carbocycles. The molecule has 0 amide bonds. The fraction of sp³-hybridized carbons (Fsp3) is 0.529. The van der Waals surface area contributed by atoms with Gasteiger partial charge in [-0.2, -0.15) is 0 Å². The minimum atomic E-state index is -0.133. The number of ether oxygens (including phenoxy) is 2. The number of rotatable bonds is 4. The lowest BCUT2D eigenvalue weighted by molar-refractivity contribution is 0.0226. The molecule has 0 radical (unpaired) electrons. The minimum absolute atomic E-state index is 0.133. The fourth-order valence-corrected chi connectivity index (χ4v) is 3.64. The van der Waals surface area contributed by atoms with Crippen LogP contribution in [0.1, 0.15) is 12.8 Å². The highest BCUT2D eigenvalue weighted by Crippen LogP contribution is 2.38. The average molecular weight is 342 g/mol. The molecule has 8 heteroatoms. The Kier molecular flexibility index (Phi) is 4.12. The summed E-state index contributed by atoms with van der Waals surface area (Å²) in [5.74, 6) is 2.20. The highest BCUT2D eigenvalue weighted by Gasteiger charge is 2.47. The van der Waals surface area contributed by atoms with Crippen molar-refractivity contribution < 1.29 is 9.47 Å². The first kappa shape index (κ1) is 16.0. The highest BCUT2D eigenvalue weighted by molar-refractivity contribution is 5.43. The quantitative estimate of drug-likeness (QED) is 0.819. The Labute approximate surface area is 146 Å². The summed E-state index contributed by atoms with van der Waals surface area (Å²) in [7, 11) is 3.65. The zero-order valence-corrected chi connectivity index (χ0v) is 14.5. The smallest absolute Gasteiger partial charge is 0.225 e. The van der Waals surface area contributed by atoms with E-state index < -0.39 is 0 Å². The Morgan fingerprint density at radius 3 is 2.92 bits per heavy atom. The molecule has 25 heavy (non-hydrogen) atoms. The summed E-state index contributed by atoms with van der Waals surface area (Å²) in [6.45, 7) is 2.43. The maximum Gasteiger partial charge on any atom is 0.225 e. The molecule has 0 bridgehead atoms. The number of hydrogen-bond donors (Lipinski definition) is 0. The molecule has 0 aromatic carbocycles. The molecule has 132 valence electrons. The second kappa shape index (κ2) is 6.44. The number of hydrogen-bond acceptors (Lipinski definition) is 8. The van der Waals surface area contributed by atoms with Gasteiger partial charge in [0.25, 0.3) is 0 Å². The van der Waals surface area contributed by atoms with Crippen molar-refractivity contribution in [1.29, 1.82) is 0 Å². The molecule has 2 fully saturated rings. The first-order chi connectivity index (χ1) is 12.2. The van der Waals surface area contributed by atoms with Crippen LogP contribution in [0.4, 0.5) is 11.8 Å². The molecule has 2 aliphatic rings. The lowest BCUT2D eigenvalue weighted by Gasteiger charge is -2.26. The Bertz CT molecular complexity index is 730. The minimum Gasteiger partial charge on any atom is -0.481 e. The molecule has 0 unspecified atom stereocenters. The first-order valence-corrected chi connectivity index (χ1v) is 8.44. The Hall–Kier alpha value is -2.48. The van der Waals surface area contributed by atoms with E-state index in [9.17, 15) is 0 Å². The second-order valence-corrected chi connectivity index (χ2v) is 6.60. The van der Waals surface area contributed by atoms with E-state index in [0.717, 1.165) is 37.7 Å². The summed E-state index contributed by atoms with van der Waals surface area (Å²) in [5, 5.41) is 0. The van der Waals surface area contributed by atoms with E-state index in [-0.39, 0.29) is 11.6 Å². The predicted octanol–water partition coefficient (Wildman–Crippen LogP) is 1.15. The van der Waals surface area contributed by atoms with Gasteiger partial charge in [0.1, 0.15) is 12.1 Å². The standard InChI is InChI=1S/C17H22N6O2/c1-22(16-18-5-3-6-19-16)13-9-17(25-10-13)4-7-23(11-17)14-8-15(24-2)21-12-20-14/h3,5-6,8,12-13H,4,7,9-11H2,1-2H3/t13-,17-/m1/s1. The van der Waals surface area contributed by atoms with Gasteiger partial charge in [0.15, 0.2) is 0 Å². The van der Waals surface area contributed by atoms with Crippen LogP contribution in [0.3, 0.4) is 0 Å². The van der Waals surface area contributed by atoms with E-state index in [0.29, 0.717) is 12.5 Å². The van der Waals surface area contributed by atoms with Crippen molar-refractivity contribution in [3.63, 3.8) is 0 Å². The second-order valence-electron chi connectivity index (χ2n) is 6.60. The van der Waals surface area contributed by atoms with Gasteiger partial charge in [-0.1, -0.05) is 0 Å². The summed E-state index contributed by atoms with van der Waals surface area (Å²) >= 11 is 0. The number of anilines is 2. The number of nitrogens with zero attached hydrogens (tertiary/aromatic N) is 6. The predicted molar refractivity (Wildman–Crippen MR) is 92.9 cm³/mol. The zero-order valence-electron chi connectivity index (χ0n) is 14.5. The van der Waals surface area contributed by atoms with Crippen molar-refractivity contribution in [1.82, 2.24) is 19.9 Å². The van der Waals surface area contributed by atoms with Crippen LogP contribution in [0.15, 0.2) is 30.9 Å². The molecule has 4 rings (SSSR count). The van der Waals surface area contributed by atoms with Crippen LogP contribution in [0, 0.1) is 0 Å². The third-order valence-electron chi connectivity index (χ3n) is 5.08. The van der Waals surface area contributed by atoms with Gasteiger partial charge in [0, 0.05) is 45.0 Å². The Morgan fingerprint density at radius 1 is 1.28 bits per heavy atom. The van der Waals surface area contributed by atoms with Gasteiger partial charge in [0.05, 0.1) is 25.4 Å². The van der Waals surface area contributed by atoms with Gasteiger partial charge in [-0.05, 0) is 12.5 Å². The summed E-state index contributed by atoms with van der Waals surface area (Å²) in [6, 6.07) is 3.98. The van der Waals surface area contributed by atoms with Crippen LogP contribution < -0.4 is 14.5 Å². The highest BCUT2D eigenvalue weighted by atomic mass is 16.5. The van der Waals surface area contributed by atoms with E-state index in [1.54, 1.807) is 19.5 Å². The summed E-state index contributed by atoms with van der Waals surface area (Å²) in [6.07, 6.45) is 7.02. The largest absolute Gasteiger partial charge is 0.481 e. The molecular weight excluding hydrogens is 320 g/mol. The van der Waals surface area contributed by atoms with Crippen LogP contribution in [0.2, 0.25) is 0 Å². The molecule has 2 aromatic rings. The van der Waals surface area contributed by atoms with Crippen molar-refractivity contribution >= 4 is 11.8 Å². The third kappa shape index (κ3) is 3.09. The number of methoxy groups -OCH3 is 1. The Morgan fingerprint density at radius 2 is 2.12 bits per heavy atom. The van der Waals surface area contributed by atoms with Gasteiger partial charge in [-0.15, -0.1) is 0 Å². The van der Waals surface area contributed by atoms with Crippen LogP contribution in [-0.2, 0) is 4.74 Å². The lowest BCUT2D eigenvalue weighted by Crippen LogP contribution is -2.37. The molecule has 2 aromatic heterocycles. The van der Waals surface area contributed by atoms with Crippen molar-refractivity contribution in [3.05, 3.63) is 30.9 Å². The van der Waals surface area contributed by atoms with E-state index in [1.807, 2.05) is 19.2 Å². The van der Waals surface area contributed by atoms with Gasteiger partial charge in [0.2, 0.25) is 11.8 Å². The lowest BCUT2D eigenvalue weighted by atomic mass is 9.97.